The first kappa shape index (κ1) is 10.5. The van der Waals surface area contributed by atoms with Gasteiger partial charge in [-0.2, -0.15) is 0 Å². The van der Waals surface area contributed by atoms with Crippen molar-refractivity contribution in [1.82, 2.24) is 4.98 Å². The Kier molecular flexibility index (Phi) is 3.45. The molecule has 0 spiro atoms. The van der Waals surface area contributed by atoms with Crippen LogP contribution in [0, 0.1) is 5.92 Å². The maximum Gasteiger partial charge on any atom is 0.225 e. The van der Waals surface area contributed by atoms with Gasteiger partial charge in [0.05, 0.1) is 0 Å². The van der Waals surface area contributed by atoms with Gasteiger partial charge in [0.15, 0.2) is 0 Å². The minimum absolute atomic E-state index is 0.0851. The van der Waals surface area contributed by atoms with Crippen LogP contribution in [0.15, 0.2) is 18.3 Å². The van der Waals surface area contributed by atoms with Crippen molar-refractivity contribution in [1.29, 1.82) is 0 Å². The maximum absolute atomic E-state index is 11.3. The van der Waals surface area contributed by atoms with Crippen molar-refractivity contribution < 1.29 is 9.90 Å². The fourth-order valence-corrected chi connectivity index (χ4v) is 1.05. The smallest absolute Gasteiger partial charge is 0.225 e. The van der Waals surface area contributed by atoms with Gasteiger partial charge in [0.25, 0.3) is 0 Å². The Labute approximate surface area is 83.0 Å². The molecule has 76 valence electrons. The zero-order valence-corrected chi connectivity index (χ0v) is 8.32. The molecule has 1 aromatic heterocycles. The van der Waals surface area contributed by atoms with Crippen LogP contribution in [0.2, 0.25) is 0 Å². The van der Waals surface area contributed by atoms with Gasteiger partial charge in [0.1, 0.15) is 11.6 Å². The molecule has 0 saturated carbocycles. The molecule has 4 heteroatoms. The van der Waals surface area contributed by atoms with Crippen LogP contribution in [-0.2, 0) is 4.79 Å². The third-order valence-corrected chi connectivity index (χ3v) is 1.60. The predicted molar refractivity (Wildman–Crippen MR) is 54.0 cm³/mol. The molecule has 0 aromatic carbocycles. The molecular weight excluding hydrogens is 180 g/mol. The topological polar surface area (TPSA) is 62.2 Å². The molecule has 0 radical (unpaired) electrons. The Morgan fingerprint density at radius 3 is 2.93 bits per heavy atom. The summed E-state index contributed by atoms with van der Waals surface area (Å²) < 4.78 is 0. The molecular formula is C10H14N2O2. The van der Waals surface area contributed by atoms with Crippen LogP contribution >= 0.6 is 0 Å². The van der Waals surface area contributed by atoms with E-state index < -0.39 is 0 Å². The van der Waals surface area contributed by atoms with Crippen LogP contribution in [0.5, 0.6) is 5.75 Å². The molecule has 1 rings (SSSR count). The second-order valence-electron chi connectivity index (χ2n) is 3.55. The van der Waals surface area contributed by atoms with Gasteiger partial charge in [-0.25, -0.2) is 4.98 Å². The van der Waals surface area contributed by atoms with E-state index in [1.807, 2.05) is 13.8 Å². The van der Waals surface area contributed by atoms with E-state index in [9.17, 15) is 4.79 Å². The van der Waals surface area contributed by atoms with Crippen LogP contribution in [0.3, 0.4) is 0 Å². The van der Waals surface area contributed by atoms with Crippen LogP contribution in [-0.4, -0.2) is 16.0 Å². The van der Waals surface area contributed by atoms with Gasteiger partial charge in [0.2, 0.25) is 5.91 Å². The number of carbonyl (C=O) groups is 1. The molecule has 0 aliphatic heterocycles. The van der Waals surface area contributed by atoms with E-state index in [1.54, 1.807) is 0 Å². The highest BCUT2D eigenvalue weighted by atomic mass is 16.3. The molecule has 0 atom stereocenters. The Morgan fingerprint density at radius 1 is 1.64 bits per heavy atom. The average Bonchev–Trinajstić information content (AvgIpc) is 2.01. The van der Waals surface area contributed by atoms with Crippen LogP contribution in [0.4, 0.5) is 5.82 Å². The number of hydrogen-bond acceptors (Lipinski definition) is 3. The van der Waals surface area contributed by atoms with Crippen molar-refractivity contribution in [3.63, 3.8) is 0 Å². The summed E-state index contributed by atoms with van der Waals surface area (Å²) in [7, 11) is 0. The largest absolute Gasteiger partial charge is 0.508 e. The number of aromatic nitrogens is 1. The van der Waals surface area contributed by atoms with Gasteiger partial charge >= 0.3 is 0 Å². The Balaban J connectivity index is 2.56. The lowest BCUT2D eigenvalue weighted by molar-refractivity contribution is -0.116. The number of nitrogens with one attached hydrogen (secondary N) is 1. The first-order valence-electron chi connectivity index (χ1n) is 4.53. The molecule has 1 heterocycles. The second kappa shape index (κ2) is 4.60. The summed E-state index contributed by atoms with van der Waals surface area (Å²) in [4.78, 5) is 15.2. The highest BCUT2D eigenvalue weighted by molar-refractivity contribution is 5.89. The van der Waals surface area contributed by atoms with E-state index in [0.717, 1.165) is 0 Å². The number of pyridine rings is 1. The lowest BCUT2D eigenvalue weighted by atomic mass is 10.1. The Hall–Kier alpha value is -1.58. The number of amides is 1. The number of aromatic hydroxyl groups is 1. The first-order chi connectivity index (χ1) is 6.58. The van der Waals surface area contributed by atoms with E-state index in [-0.39, 0.29) is 11.7 Å². The summed E-state index contributed by atoms with van der Waals surface area (Å²) in [5, 5.41) is 11.7. The van der Waals surface area contributed by atoms with E-state index in [2.05, 4.69) is 10.3 Å². The highest BCUT2D eigenvalue weighted by Crippen LogP contribution is 2.12. The van der Waals surface area contributed by atoms with Gasteiger partial charge in [-0.05, 0) is 12.0 Å². The van der Waals surface area contributed by atoms with Gasteiger partial charge < -0.3 is 10.4 Å². The monoisotopic (exact) mass is 194 g/mol. The standard InChI is InChI=1S/C10H14N2O2/c1-7(2)5-10(14)12-9-6-8(13)3-4-11-9/h3-4,6-7H,5H2,1-2H3,(H2,11,12,13,14). The molecule has 2 N–H and O–H groups in total. The molecule has 0 aliphatic rings. The van der Waals surface area contributed by atoms with Gasteiger partial charge in [-0.15, -0.1) is 0 Å². The maximum atomic E-state index is 11.3. The lowest BCUT2D eigenvalue weighted by Gasteiger charge is -2.05. The van der Waals surface area contributed by atoms with Crippen molar-refractivity contribution in [2.24, 2.45) is 5.92 Å². The highest BCUT2D eigenvalue weighted by Gasteiger charge is 2.05. The summed E-state index contributed by atoms with van der Waals surface area (Å²) in [6.07, 6.45) is 1.90. The van der Waals surface area contributed by atoms with Crippen molar-refractivity contribution in [3.8, 4) is 5.75 Å². The predicted octanol–water partition coefficient (Wildman–Crippen LogP) is 1.77. The fourth-order valence-electron chi connectivity index (χ4n) is 1.05. The molecule has 1 aromatic rings. The summed E-state index contributed by atoms with van der Waals surface area (Å²) in [5.41, 5.74) is 0. The van der Waals surface area contributed by atoms with Crippen LogP contribution in [0.25, 0.3) is 0 Å². The summed E-state index contributed by atoms with van der Waals surface area (Å²) in [6.45, 7) is 3.94. The molecule has 0 aliphatic carbocycles. The summed E-state index contributed by atoms with van der Waals surface area (Å²) >= 11 is 0. The Bertz CT molecular complexity index is 324. The van der Waals surface area contributed by atoms with Crippen molar-refractivity contribution >= 4 is 11.7 Å². The zero-order chi connectivity index (χ0) is 10.6. The van der Waals surface area contributed by atoms with Crippen LogP contribution in [0.1, 0.15) is 20.3 Å². The van der Waals surface area contributed by atoms with Gasteiger partial charge in [-0.1, -0.05) is 13.8 Å². The Morgan fingerprint density at radius 2 is 2.36 bits per heavy atom. The summed E-state index contributed by atoms with van der Waals surface area (Å²) in [5.74, 6) is 0.709. The molecule has 0 saturated heterocycles. The molecule has 0 fully saturated rings. The van der Waals surface area contributed by atoms with Gasteiger partial charge in [0, 0.05) is 18.7 Å². The molecule has 0 unspecified atom stereocenters. The SMILES string of the molecule is CC(C)CC(=O)Nc1cc(O)ccn1. The minimum Gasteiger partial charge on any atom is -0.508 e. The summed E-state index contributed by atoms with van der Waals surface area (Å²) in [6, 6.07) is 2.87. The minimum atomic E-state index is -0.0851. The van der Waals surface area contributed by atoms with Gasteiger partial charge in [-0.3, -0.25) is 4.79 Å². The lowest BCUT2D eigenvalue weighted by Crippen LogP contribution is -2.14. The molecule has 14 heavy (non-hydrogen) atoms. The van der Waals surface area contributed by atoms with Crippen molar-refractivity contribution in [2.75, 3.05) is 5.32 Å². The first-order valence-corrected chi connectivity index (χ1v) is 4.53. The number of anilines is 1. The van der Waals surface area contributed by atoms with E-state index in [1.165, 1.54) is 18.3 Å². The number of nitrogens with zero attached hydrogens (tertiary/aromatic N) is 1. The third kappa shape index (κ3) is 3.43. The number of rotatable bonds is 3. The number of carbonyl (C=O) groups excluding carboxylic acids is 1. The van der Waals surface area contributed by atoms with E-state index in [0.29, 0.717) is 18.2 Å². The third-order valence-electron chi connectivity index (χ3n) is 1.60. The number of hydrogen-bond donors (Lipinski definition) is 2. The second-order valence-corrected chi connectivity index (χ2v) is 3.55. The normalized spacial score (nSPS) is 10.2. The molecule has 4 nitrogen and oxygen atoms in total. The quantitative estimate of drug-likeness (QED) is 0.770. The van der Waals surface area contributed by atoms with E-state index >= 15 is 0 Å². The fraction of sp³-hybridized carbons (Fsp3) is 0.400. The zero-order valence-electron chi connectivity index (χ0n) is 8.32. The van der Waals surface area contributed by atoms with E-state index in [4.69, 9.17) is 5.11 Å². The molecule has 1 amide bonds. The average molecular weight is 194 g/mol. The van der Waals surface area contributed by atoms with Crippen molar-refractivity contribution in [3.05, 3.63) is 18.3 Å². The molecule has 0 bridgehead atoms. The van der Waals surface area contributed by atoms with Crippen LogP contribution < -0.4 is 5.32 Å². The van der Waals surface area contributed by atoms with Crippen molar-refractivity contribution in [2.45, 2.75) is 20.3 Å².